The molecule has 0 aliphatic heterocycles. The predicted molar refractivity (Wildman–Crippen MR) is 41.4 cm³/mol. The molecular formula is C8H7F3O4. The number of alkyl halides is 3. The van der Waals surface area contributed by atoms with Crippen LogP contribution in [-0.2, 0) is 19.1 Å². The molecule has 4 nitrogen and oxygen atoms in total. The summed E-state index contributed by atoms with van der Waals surface area (Å²) in [5, 5.41) is 0. The number of hydrogen-bond donors (Lipinski definition) is 0. The molecule has 0 aromatic heterocycles. The minimum Gasteiger partial charge on any atom is -0.453 e. The fourth-order valence-corrected chi connectivity index (χ4v) is 0.423. The van der Waals surface area contributed by atoms with Crippen molar-refractivity contribution in [3.8, 4) is 11.8 Å². The summed E-state index contributed by atoms with van der Waals surface area (Å²) in [6.07, 6.45) is -5.02. The molecule has 84 valence electrons. The van der Waals surface area contributed by atoms with Crippen LogP contribution in [0.25, 0.3) is 0 Å². The first-order valence-electron chi connectivity index (χ1n) is 3.67. The van der Waals surface area contributed by atoms with Gasteiger partial charge < -0.3 is 9.47 Å². The minimum atomic E-state index is -5.02. The maximum absolute atomic E-state index is 11.5. The third kappa shape index (κ3) is 7.37. The van der Waals surface area contributed by atoms with Gasteiger partial charge in [0.1, 0.15) is 0 Å². The molecule has 0 rings (SSSR count). The Kier molecular flexibility index (Phi) is 5.23. The normalized spacial score (nSPS) is 9.87. The zero-order valence-corrected chi connectivity index (χ0v) is 7.68. The van der Waals surface area contributed by atoms with Crippen LogP contribution in [-0.4, -0.2) is 31.3 Å². The van der Waals surface area contributed by atoms with E-state index < -0.39 is 24.7 Å². The molecule has 0 unspecified atom stereocenters. The molecule has 7 heteroatoms. The highest BCUT2D eigenvalue weighted by atomic mass is 19.4. The van der Waals surface area contributed by atoms with Crippen molar-refractivity contribution in [3.05, 3.63) is 0 Å². The monoisotopic (exact) mass is 224 g/mol. The van der Waals surface area contributed by atoms with Gasteiger partial charge in [0.15, 0.2) is 13.2 Å². The van der Waals surface area contributed by atoms with Crippen LogP contribution >= 0.6 is 0 Å². The number of hydrogen-bond acceptors (Lipinski definition) is 4. The number of ether oxygens (including phenoxy) is 2. The van der Waals surface area contributed by atoms with Crippen LogP contribution in [0.1, 0.15) is 6.92 Å². The first-order valence-corrected chi connectivity index (χ1v) is 3.67. The summed E-state index contributed by atoms with van der Waals surface area (Å²) >= 11 is 0. The van der Waals surface area contributed by atoms with E-state index in [-0.39, 0.29) is 6.61 Å². The lowest BCUT2D eigenvalue weighted by atomic mass is 10.6. The molecule has 0 fully saturated rings. The SMILES string of the molecule is CC(=O)OCC#CCOC(=O)C(F)(F)F. The third-order valence-corrected chi connectivity index (χ3v) is 0.979. The van der Waals surface area contributed by atoms with Crippen LogP contribution in [0.5, 0.6) is 0 Å². The van der Waals surface area contributed by atoms with Gasteiger partial charge in [-0.3, -0.25) is 4.79 Å². The average molecular weight is 224 g/mol. The highest BCUT2D eigenvalue weighted by molar-refractivity contribution is 5.75. The highest BCUT2D eigenvalue weighted by Crippen LogP contribution is 2.15. The average Bonchev–Trinajstić information content (AvgIpc) is 2.08. The van der Waals surface area contributed by atoms with Gasteiger partial charge in [-0.15, -0.1) is 0 Å². The van der Waals surface area contributed by atoms with E-state index in [0.717, 1.165) is 6.92 Å². The predicted octanol–water partition coefficient (Wildman–Crippen LogP) is 0.658. The highest BCUT2D eigenvalue weighted by Gasteiger charge is 2.40. The van der Waals surface area contributed by atoms with E-state index in [9.17, 15) is 22.8 Å². The molecule has 0 N–H and O–H groups in total. The summed E-state index contributed by atoms with van der Waals surface area (Å²) in [6.45, 7) is 0.212. The van der Waals surface area contributed by atoms with Crippen LogP contribution in [0.3, 0.4) is 0 Å². The van der Waals surface area contributed by atoms with Crippen molar-refractivity contribution in [2.45, 2.75) is 13.1 Å². The zero-order chi connectivity index (χ0) is 11.9. The van der Waals surface area contributed by atoms with Crippen molar-refractivity contribution >= 4 is 11.9 Å². The molecule has 0 spiro atoms. The van der Waals surface area contributed by atoms with Gasteiger partial charge in [0, 0.05) is 6.92 Å². The number of esters is 2. The Balaban J connectivity index is 3.70. The third-order valence-electron chi connectivity index (χ3n) is 0.979. The number of rotatable bonds is 2. The standard InChI is InChI=1S/C8H7F3O4/c1-6(12)14-4-2-3-5-15-7(13)8(9,10)11/h4-5H2,1H3. The maximum atomic E-state index is 11.5. The van der Waals surface area contributed by atoms with E-state index in [4.69, 9.17) is 0 Å². The Bertz CT molecular complexity index is 297. The second-order valence-corrected chi connectivity index (χ2v) is 2.21. The van der Waals surface area contributed by atoms with Gasteiger partial charge in [-0.1, -0.05) is 11.8 Å². The van der Waals surface area contributed by atoms with Gasteiger partial charge in [0.2, 0.25) is 0 Å². The smallest absolute Gasteiger partial charge is 0.453 e. The largest absolute Gasteiger partial charge is 0.490 e. The molecule has 0 aromatic rings. The van der Waals surface area contributed by atoms with Crippen molar-refractivity contribution in [1.82, 2.24) is 0 Å². The second kappa shape index (κ2) is 5.90. The van der Waals surface area contributed by atoms with Crippen LogP contribution in [0, 0.1) is 11.8 Å². The molecule has 0 radical (unpaired) electrons. The van der Waals surface area contributed by atoms with Crippen molar-refractivity contribution < 1.29 is 32.2 Å². The van der Waals surface area contributed by atoms with Crippen LogP contribution < -0.4 is 0 Å². The summed E-state index contributed by atoms with van der Waals surface area (Å²) in [4.78, 5) is 20.3. The van der Waals surface area contributed by atoms with Crippen LogP contribution in [0.4, 0.5) is 13.2 Å². The van der Waals surface area contributed by atoms with Gasteiger partial charge in [-0.05, 0) is 0 Å². The Morgan fingerprint density at radius 3 is 2.00 bits per heavy atom. The molecule has 0 atom stereocenters. The molecule has 0 bridgehead atoms. The molecule has 0 saturated carbocycles. The van der Waals surface area contributed by atoms with Crippen molar-refractivity contribution in [2.75, 3.05) is 13.2 Å². The lowest BCUT2D eigenvalue weighted by Crippen LogP contribution is -2.25. The summed E-state index contributed by atoms with van der Waals surface area (Å²) in [6, 6.07) is 0. The molecule has 0 saturated heterocycles. The summed E-state index contributed by atoms with van der Waals surface area (Å²) in [7, 11) is 0. The van der Waals surface area contributed by atoms with E-state index in [1.165, 1.54) is 0 Å². The topological polar surface area (TPSA) is 52.6 Å². The molecule has 0 amide bonds. The van der Waals surface area contributed by atoms with E-state index in [1.54, 1.807) is 0 Å². The zero-order valence-electron chi connectivity index (χ0n) is 7.68. The van der Waals surface area contributed by atoms with E-state index >= 15 is 0 Å². The first kappa shape index (κ1) is 13.3. The lowest BCUT2D eigenvalue weighted by Gasteiger charge is -2.02. The number of halogens is 3. The van der Waals surface area contributed by atoms with Gasteiger partial charge in [0.05, 0.1) is 0 Å². The van der Waals surface area contributed by atoms with Gasteiger partial charge in [-0.25, -0.2) is 4.79 Å². The summed E-state index contributed by atoms with van der Waals surface area (Å²) in [5.74, 6) is 1.40. The van der Waals surface area contributed by atoms with Crippen LogP contribution in [0.2, 0.25) is 0 Å². The van der Waals surface area contributed by atoms with E-state index in [0.29, 0.717) is 0 Å². The molecular weight excluding hydrogens is 217 g/mol. The maximum Gasteiger partial charge on any atom is 0.490 e. The Morgan fingerprint density at radius 2 is 1.60 bits per heavy atom. The molecule has 0 aromatic carbocycles. The summed E-state index contributed by atoms with van der Waals surface area (Å²) < 4.78 is 42.7. The molecule has 15 heavy (non-hydrogen) atoms. The lowest BCUT2D eigenvalue weighted by molar-refractivity contribution is -0.198. The Morgan fingerprint density at radius 1 is 1.13 bits per heavy atom. The van der Waals surface area contributed by atoms with Gasteiger partial charge in [0.25, 0.3) is 0 Å². The number of carbonyl (C=O) groups is 2. The van der Waals surface area contributed by atoms with Gasteiger partial charge >= 0.3 is 18.1 Å². The molecule has 0 heterocycles. The minimum absolute atomic E-state index is 0.251. The Labute approximate surface area is 83.3 Å². The number of carbonyl (C=O) groups excluding carboxylic acids is 2. The van der Waals surface area contributed by atoms with Gasteiger partial charge in [-0.2, -0.15) is 13.2 Å². The Hall–Kier alpha value is -1.71. The molecule has 0 aliphatic rings. The fourth-order valence-electron chi connectivity index (χ4n) is 0.423. The second-order valence-electron chi connectivity index (χ2n) is 2.21. The van der Waals surface area contributed by atoms with E-state index in [2.05, 4.69) is 21.3 Å². The van der Waals surface area contributed by atoms with Crippen LogP contribution in [0.15, 0.2) is 0 Å². The fraction of sp³-hybridized carbons (Fsp3) is 0.500. The van der Waals surface area contributed by atoms with Crippen molar-refractivity contribution in [3.63, 3.8) is 0 Å². The first-order chi connectivity index (χ1) is 6.84. The van der Waals surface area contributed by atoms with E-state index in [1.807, 2.05) is 0 Å². The van der Waals surface area contributed by atoms with Crippen molar-refractivity contribution in [2.24, 2.45) is 0 Å². The summed E-state index contributed by atoms with van der Waals surface area (Å²) in [5.41, 5.74) is 0. The van der Waals surface area contributed by atoms with Crippen molar-refractivity contribution in [1.29, 1.82) is 0 Å². The molecule has 0 aliphatic carbocycles. The quantitative estimate of drug-likeness (QED) is 0.510.